The molecule has 0 aliphatic carbocycles. The lowest BCUT2D eigenvalue weighted by atomic mass is 10.1. The molecule has 16 heavy (non-hydrogen) atoms. The number of aromatic nitrogens is 2. The van der Waals surface area contributed by atoms with Crippen molar-refractivity contribution in [2.75, 3.05) is 13.6 Å². The third kappa shape index (κ3) is 2.30. The summed E-state index contributed by atoms with van der Waals surface area (Å²) in [6.45, 7) is 0.669. The molecule has 0 spiro atoms. The van der Waals surface area contributed by atoms with Gasteiger partial charge in [-0.2, -0.15) is 0 Å². The minimum absolute atomic E-state index is 0.472. The van der Waals surface area contributed by atoms with E-state index in [1.165, 1.54) is 6.33 Å². The molecular weight excluding hydrogens is 222 g/mol. The largest absolute Gasteiger partial charge is 0.309 e. The number of halogens is 1. The molecule has 0 saturated carbocycles. The number of hydrogen-bond donors (Lipinski definition) is 1. The van der Waals surface area contributed by atoms with E-state index in [2.05, 4.69) is 27.1 Å². The zero-order valence-electron chi connectivity index (χ0n) is 8.79. The van der Waals surface area contributed by atoms with Gasteiger partial charge in [-0.1, -0.05) is 23.4 Å². The Morgan fingerprint density at radius 2 is 2.25 bits per heavy atom. The second-order valence-corrected chi connectivity index (χ2v) is 3.59. The molecule has 0 amide bonds. The average Bonchev–Trinajstić information content (AvgIpc) is 2.30. The summed E-state index contributed by atoms with van der Waals surface area (Å²) in [4.78, 5) is 8.07. The molecule has 80 valence electrons. The second-order valence-electron chi connectivity index (χ2n) is 3.23. The van der Waals surface area contributed by atoms with Crippen LogP contribution in [0.1, 0.15) is 5.56 Å². The Bertz CT molecular complexity index is 569. The number of nitrogens with one attached hydrogen (secondary N) is 1. The number of rotatable bonds is 1. The smallest absolute Gasteiger partial charge is 0.140 e. The predicted octanol–water partition coefficient (Wildman–Crippen LogP) is 1.85. The molecule has 3 nitrogen and oxygen atoms in total. The molecule has 0 bridgehead atoms. The van der Waals surface area contributed by atoms with Gasteiger partial charge in [0, 0.05) is 10.9 Å². The number of fused-ring (bicyclic) bond motifs is 1. The Labute approximate surface area is 98.9 Å². The predicted molar refractivity (Wildman–Crippen MR) is 65.4 cm³/mol. The molecular formula is C12H10ClN3. The lowest BCUT2D eigenvalue weighted by molar-refractivity contribution is 0.938. The Balaban J connectivity index is 2.42. The molecule has 0 fully saturated rings. The van der Waals surface area contributed by atoms with Crippen LogP contribution in [0.15, 0.2) is 24.5 Å². The van der Waals surface area contributed by atoms with Crippen molar-refractivity contribution >= 4 is 22.5 Å². The molecule has 1 heterocycles. The highest BCUT2D eigenvalue weighted by molar-refractivity contribution is 6.34. The molecule has 0 aliphatic heterocycles. The van der Waals surface area contributed by atoms with E-state index in [0.717, 1.165) is 16.5 Å². The number of hydrogen-bond acceptors (Lipinski definition) is 3. The van der Waals surface area contributed by atoms with Gasteiger partial charge in [0.1, 0.15) is 11.5 Å². The summed E-state index contributed by atoms with van der Waals surface area (Å²) in [7, 11) is 1.86. The van der Waals surface area contributed by atoms with Crippen molar-refractivity contribution in [3.05, 3.63) is 35.2 Å². The third-order valence-corrected chi connectivity index (χ3v) is 2.39. The quantitative estimate of drug-likeness (QED) is 0.601. The monoisotopic (exact) mass is 231 g/mol. The van der Waals surface area contributed by atoms with Gasteiger partial charge in [-0.05, 0) is 25.2 Å². The van der Waals surface area contributed by atoms with E-state index >= 15 is 0 Å². The first-order valence-electron chi connectivity index (χ1n) is 4.85. The molecule has 2 aromatic rings. The zero-order chi connectivity index (χ0) is 11.4. The first-order valence-corrected chi connectivity index (χ1v) is 5.23. The normalized spacial score (nSPS) is 9.88. The molecule has 1 aromatic carbocycles. The fourth-order valence-corrected chi connectivity index (χ4v) is 1.54. The van der Waals surface area contributed by atoms with Crippen LogP contribution in [0, 0.1) is 11.8 Å². The molecule has 0 atom stereocenters. The van der Waals surface area contributed by atoms with Crippen molar-refractivity contribution in [3.63, 3.8) is 0 Å². The van der Waals surface area contributed by atoms with Gasteiger partial charge in [-0.25, -0.2) is 9.97 Å². The van der Waals surface area contributed by atoms with E-state index in [1.54, 1.807) is 0 Å². The maximum absolute atomic E-state index is 5.94. The highest BCUT2D eigenvalue weighted by atomic mass is 35.5. The van der Waals surface area contributed by atoms with Gasteiger partial charge < -0.3 is 5.32 Å². The van der Waals surface area contributed by atoms with Crippen LogP contribution in [0.2, 0.25) is 5.15 Å². The molecule has 1 aromatic heterocycles. The lowest BCUT2D eigenvalue weighted by Gasteiger charge is -1.98. The fraction of sp³-hybridized carbons (Fsp3) is 0.167. The van der Waals surface area contributed by atoms with E-state index in [1.807, 2.05) is 25.2 Å². The van der Waals surface area contributed by atoms with Crippen LogP contribution in [0.25, 0.3) is 10.9 Å². The van der Waals surface area contributed by atoms with Gasteiger partial charge in [0.15, 0.2) is 0 Å². The molecule has 0 aliphatic rings. The minimum Gasteiger partial charge on any atom is -0.309 e. The summed E-state index contributed by atoms with van der Waals surface area (Å²) in [6.07, 6.45) is 1.45. The van der Waals surface area contributed by atoms with Gasteiger partial charge in [-0.3, -0.25) is 0 Å². The van der Waals surface area contributed by atoms with Crippen LogP contribution >= 0.6 is 11.6 Å². The van der Waals surface area contributed by atoms with E-state index in [4.69, 9.17) is 11.6 Å². The maximum atomic E-state index is 5.94. The number of nitrogens with zero attached hydrogens (tertiary/aromatic N) is 2. The van der Waals surface area contributed by atoms with Crippen LogP contribution in [-0.2, 0) is 0 Å². The maximum Gasteiger partial charge on any atom is 0.140 e. The van der Waals surface area contributed by atoms with Gasteiger partial charge in [0.05, 0.1) is 12.1 Å². The Morgan fingerprint density at radius 1 is 1.38 bits per heavy atom. The third-order valence-electron chi connectivity index (χ3n) is 2.09. The summed E-state index contributed by atoms with van der Waals surface area (Å²) in [6, 6.07) is 5.72. The molecule has 4 heteroatoms. The van der Waals surface area contributed by atoms with E-state index in [0.29, 0.717) is 11.7 Å². The van der Waals surface area contributed by atoms with Crippen molar-refractivity contribution in [3.8, 4) is 11.8 Å². The van der Waals surface area contributed by atoms with Crippen LogP contribution in [0.3, 0.4) is 0 Å². The Hall–Kier alpha value is -1.63. The van der Waals surface area contributed by atoms with Crippen molar-refractivity contribution in [2.24, 2.45) is 0 Å². The highest BCUT2D eigenvalue weighted by Crippen LogP contribution is 2.19. The van der Waals surface area contributed by atoms with Crippen LogP contribution in [0.4, 0.5) is 0 Å². The van der Waals surface area contributed by atoms with Gasteiger partial charge in [0.2, 0.25) is 0 Å². The second kappa shape index (κ2) is 4.93. The average molecular weight is 232 g/mol. The number of benzene rings is 1. The molecule has 0 radical (unpaired) electrons. The summed E-state index contributed by atoms with van der Waals surface area (Å²) in [5.74, 6) is 6.03. The fourth-order valence-electron chi connectivity index (χ4n) is 1.34. The van der Waals surface area contributed by atoms with Gasteiger partial charge in [0.25, 0.3) is 0 Å². The molecule has 2 rings (SSSR count). The summed E-state index contributed by atoms with van der Waals surface area (Å²) in [5, 5.41) is 4.29. The van der Waals surface area contributed by atoms with E-state index in [-0.39, 0.29) is 0 Å². The summed E-state index contributed by atoms with van der Waals surface area (Å²) < 4.78 is 0. The van der Waals surface area contributed by atoms with E-state index in [9.17, 15) is 0 Å². The topological polar surface area (TPSA) is 37.8 Å². The summed E-state index contributed by atoms with van der Waals surface area (Å²) in [5.41, 5.74) is 1.74. The minimum atomic E-state index is 0.472. The molecule has 0 saturated heterocycles. The van der Waals surface area contributed by atoms with Crippen LogP contribution in [-0.4, -0.2) is 23.6 Å². The van der Waals surface area contributed by atoms with Gasteiger partial charge in [-0.15, -0.1) is 0 Å². The highest BCUT2D eigenvalue weighted by Gasteiger charge is 2.00. The van der Waals surface area contributed by atoms with E-state index < -0.39 is 0 Å². The SMILES string of the molecule is CNCC#Cc1ccc2c(Cl)ncnc2c1. The van der Waals surface area contributed by atoms with Crippen molar-refractivity contribution in [1.82, 2.24) is 15.3 Å². The van der Waals surface area contributed by atoms with Crippen LogP contribution in [0.5, 0.6) is 0 Å². The first-order chi connectivity index (χ1) is 7.81. The lowest BCUT2D eigenvalue weighted by Crippen LogP contribution is -2.04. The van der Waals surface area contributed by atoms with Gasteiger partial charge >= 0.3 is 0 Å². The zero-order valence-corrected chi connectivity index (χ0v) is 9.54. The Morgan fingerprint density at radius 3 is 3.06 bits per heavy atom. The summed E-state index contributed by atoms with van der Waals surface area (Å²) >= 11 is 5.94. The van der Waals surface area contributed by atoms with Crippen molar-refractivity contribution < 1.29 is 0 Å². The van der Waals surface area contributed by atoms with Crippen LogP contribution < -0.4 is 5.32 Å². The molecule has 0 unspecified atom stereocenters. The van der Waals surface area contributed by atoms with Crippen molar-refractivity contribution in [2.45, 2.75) is 0 Å². The van der Waals surface area contributed by atoms with Crippen molar-refractivity contribution in [1.29, 1.82) is 0 Å². The Kier molecular flexibility index (Phi) is 3.35. The molecule has 1 N–H and O–H groups in total. The standard InChI is InChI=1S/C12H10ClN3/c1-14-6-2-3-9-4-5-10-11(7-9)15-8-16-12(10)13/h4-5,7-8,14H,6H2,1H3. The first kappa shape index (κ1) is 10.9.